The number of halogens is 3. The van der Waals surface area contributed by atoms with Crippen LogP contribution in [-0.2, 0) is 6.18 Å². The van der Waals surface area contributed by atoms with Crippen molar-refractivity contribution in [1.29, 1.82) is 0 Å². The highest BCUT2D eigenvalue weighted by Gasteiger charge is 2.35. The zero-order chi connectivity index (χ0) is 13.5. The highest BCUT2D eigenvalue weighted by Crippen LogP contribution is 2.33. The monoisotopic (exact) mass is 270 g/mol. The molecule has 2 atom stereocenters. The van der Waals surface area contributed by atoms with Crippen LogP contribution in [0.15, 0.2) is 24.3 Å². The van der Waals surface area contributed by atoms with Crippen molar-refractivity contribution in [3.63, 3.8) is 0 Å². The molecule has 1 aliphatic heterocycles. The number of hydrogen-bond donors (Lipinski definition) is 1. The van der Waals surface area contributed by atoms with E-state index in [0.717, 1.165) is 25.2 Å². The van der Waals surface area contributed by atoms with Gasteiger partial charge in [0.2, 0.25) is 0 Å². The van der Waals surface area contributed by atoms with Crippen molar-refractivity contribution >= 4 is 5.69 Å². The lowest BCUT2D eigenvalue weighted by Crippen LogP contribution is -2.55. The third kappa shape index (κ3) is 2.43. The van der Waals surface area contributed by atoms with Gasteiger partial charge in [-0.2, -0.15) is 13.2 Å². The van der Waals surface area contributed by atoms with E-state index >= 15 is 0 Å². The molecule has 3 rings (SSSR count). The molecule has 0 amide bonds. The van der Waals surface area contributed by atoms with E-state index in [9.17, 15) is 13.2 Å². The zero-order valence-electron chi connectivity index (χ0n) is 10.6. The fraction of sp³-hybridized carbons (Fsp3) is 0.571. The number of alkyl halides is 3. The second-order valence-electron chi connectivity index (χ2n) is 5.30. The molecule has 104 valence electrons. The Bertz CT molecular complexity index is 441. The molecular weight excluding hydrogens is 253 g/mol. The molecular formula is C14H17F3N2. The first-order chi connectivity index (χ1) is 9.05. The van der Waals surface area contributed by atoms with Crippen molar-refractivity contribution in [2.45, 2.75) is 37.5 Å². The van der Waals surface area contributed by atoms with E-state index in [2.05, 4.69) is 10.2 Å². The van der Waals surface area contributed by atoms with Crippen molar-refractivity contribution in [3.8, 4) is 0 Å². The summed E-state index contributed by atoms with van der Waals surface area (Å²) < 4.78 is 37.7. The number of anilines is 1. The SMILES string of the molecule is FC(F)(F)c1ccc(N2CCN[C@@H]3CCC[C@H]32)cc1. The summed E-state index contributed by atoms with van der Waals surface area (Å²) in [5, 5.41) is 3.49. The van der Waals surface area contributed by atoms with E-state index in [4.69, 9.17) is 0 Å². The van der Waals surface area contributed by atoms with Crippen molar-refractivity contribution in [2.24, 2.45) is 0 Å². The lowest BCUT2D eigenvalue weighted by molar-refractivity contribution is -0.137. The number of nitrogens with zero attached hydrogens (tertiary/aromatic N) is 1. The molecule has 1 N–H and O–H groups in total. The minimum atomic E-state index is -4.25. The van der Waals surface area contributed by atoms with Crippen LogP contribution in [0.5, 0.6) is 0 Å². The van der Waals surface area contributed by atoms with Crippen LogP contribution in [0.4, 0.5) is 18.9 Å². The van der Waals surface area contributed by atoms with Gasteiger partial charge in [0.05, 0.1) is 5.56 Å². The molecule has 1 heterocycles. The third-order valence-corrected chi connectivity index (χ3v) is 4.17. The molecule has 0 bridgehead atoms. The predicted octanol–water partition coefficient (Wildman–Crippen LogP) is 3.04. The van der Waals surface area contributed by atoms with Crippen LogP contribution in [0.1, 0.15) is 24.8 Å². The molecule has 0 unspecified atom stereocenters. The Labute approximate surface area is 110 Å². The Hall–Kier alpha value is -1.23. The van der Waals surface area contributed by atoms with Gasteiger partial charge in [-0.3, -0.25) is 0 Å². The van der Waals surface area contributed by atoms with Crippen molar-refractivity contribution in [3.05, 3.63) is 29.8 Å². The zero-order valence-corrected chi connectivity index (χ0v) is 10.6. The van der Waals surface area contributed by atoms with Gasteiger partial charge in [-0.15, -0.1) is 0 Å². The molecule has 0 spiro atoms. The molecule has 1 aromatic carbocycles. The van der Waals surface area contributed by atoms with Gasteiger partial charge in [0.1, 0.15) is 0 Å². The van der Waals surface area contributed by atoms with Gasteiger partial charge in [0.25, 0.3) is 0 Å². The van der Waals surface area contributed by atoms with Crippen LogP contribution < -0.4 is 10.2 Å². The molecule has 0 radical (unpaired) electrons. The van der Waals surface area contributed by atoms with Crippen LogP contribution in [0.2, 0.25) is 0 Å². The van der Waals surface area contributed by atoms with Gasteiger partial charge in [-0.05, 0) is 43.5 Å². The lowest BCUT2D eigenvalue weighted by atomic mass is 10.1. The maximum atomic E-state index is 12.6. The summed E-state index contributed by atoms with van der Waals surface area (Å²) in [6.07, 6.45) is -0.766. The smallest absolute Gasteiger partial charge is 0.366 e. The number of fused-ring (bicyclic) bond motifs is 1. The molecule has 2 fully saturated rings. The van der Waals surface area contributed by atoms with Crippen LogP contribution in [-0.4, -0.2) is 25.2 Å². The van der Waals surface area contributed by atoms with Gasteiger partial charge in [-0.25, -0.2) is 0 Å². The van der Waals surface area contributed by atoms with Crippen molar-refractivity contribution in [2.75, 3.05) is 18.0 Å². The van der Waals surface area contributed by atoms with Gasteiger partial charge in [0, 0.05) is 30.9 Å². The first-order valence-corrected chi connectivity index (χ1v) is 6.73. The third-order valence-electron chi connectivity index (χ3n) is 4.17. The Balaban J connectivity index is 1.82. The molecule has 2 nitrogen and oxygen atoms in total. The Morgan fingerprint density at radius 2 is 1.84 bits per heavy atom. The van der Waals surface area contributed by atoms with E-state index in [-0.39, 0.29) is 0 Å². The quantitative estimate of drug-likeness (QED) is 0.844. The van der Waals surface area contributed by atoms with Gasteiger partial charge in [0.15, 0.2) is 0 Å². The van der Waals surface area contributed by atoms with Crippen LogP contribution >= 0.6 is 0 Å². The number of rotatable bonds is 1. The largest absolute Gasteiger partial charge is 0.416 e. The maximum Gasteiger partial charge on any atom is 0.416 e. The van der Waals surface area contributed by atoms with Crippen LogP contribution in [0.3, 0.4) is 0 Å². The Morgan fingerprint density at radius 1 is 1.11 bits per heavy atom. The molecule has 19 heavy (non-hydrogen) atoms. The van der Waals surface area contributed by atoms with E-state index in [1.807, 2.05) is 0 Å². The van der Waals surface area contributed by atoms with Gasteiger partial charge >= 0.3 is 6.18 Å². The highest BCUT2D eigenvalue weighted by molar-refractivity contribution is 5.50. The number of piperazine rings is 1. The van der Waals surface area contributed by atoms with Crippen molar-refractivity contribution in [1.82, 2.24) is 5.32 Å². The summed E-state index contributed by atoms with van der Waals surface area (Å²) in [4.78, 5) is 2.26. The normalized spacial score (nSPS) is 27.4. The second kappa shape index (κ2) is 4.71. The topological polar surface area (TPSA) is 15.3 Å². The maximum absolute atomic E-state index is 12.6. The molecule has 1 aliphatic carbocycles. The summed E-state index contributed by atoms with van der Waals surface area (Å²) in [6, 6.07) is 6.50. The summed E-state index contributed by atoms with van der Waals surface area (Å²) in [7, 11) is 0. The van der Waals surface area contributed by atoms with E-state index in [1.165, 1.54) is 25.0 Å². The summed E-state index contributed by atoms with van der Waals surface area (Å²) in [5.41, 5.74) is 0.334. The number of hydrogen-bond acceptors (Lipinski definition) is 2. The number of benzene rings is 1. The Kier molecular flexibility index (Phi) is 3.17. The minimum absolute atomic E-state index is 0.436. The van der Waals surface area contributed by atoms with E-state index in [0.29, 0.717) is 12.1 Å². The predicted molar refractivity (Wildman–Crippen MR) is 68.2 cm³/mol. The standard InChI is InChI=1S/C14H17F3N2/c15-14(16,17)10-4-6-11(7-5-10)19-9-8-18-12-2-1-3-13(12)19/h4-7,12-13,18H,1-3,8-9H2/t12-,13-/m1/s1. The van der Waals surface area contributed by atoms with E-state index < -0.39 is 11.7 Å². The molecule has 5 heteroatoms. The molecule has 1 saturated heterocycles. The first-order valence-electron chi connectivity index (χ1n) is 6.73. The summed E-state index contributed by atoms with van der Waals surface area (Å²) in [5.74, 6) is 0. The van der Waals surface area contributed by atoms with Crippen LogP contribution in [0.25, 0.3) is 0 Å². The number of nitrogens with one attached hydrogen (secondary N) is 1. The van der Waals surface area contributed by atoms with Crippen molar-refractivity contribution < 1.29 is 13.2 Å². The molecule has 2 aliphatic rings. The summed E-state index contributed by atoms with van der Waals surface area (Å²) >= 11 is 0. The highest BCUT2D eigenvalue weighted by atomic mass is 19.4. The van der Waals surface area contributed by atoms with Gasteiger partial charge in [-0.1, -0.05) is 0 Å². The van der Waals surface area contributed by atoms with Gasteiger partial charge < -0.3 is 10.2 Å². The molecule has 0 aromatic heterocycles. The average Bonchev–Trinajstić information content (AvgIpc) is 2.86. The molecule has 1 saturated carbocycles. The Morgan fingerprint density at radius 3 is 2.53 bits per heavy atom. The lowest BCUT2D eigenvalue weighted by Gasteiger charge is -2.40. The fourth-order valence-electron chi connectivity index (χ4n) is 3.25. The minimum Gasteiger partial charge on any atom is -0.366 e. The second-order valence-corrected chi connectivity index (χ2v) is 5.30. The van der Waals surface area contributed by atoms with Crippen LogP contribution in [0, 0.1) is 0 Å². The summed E-state index contributed by atoms with van der Waals surface area (Å²) in [6.45, 7) is 1.77. The first kappa shape index (κ1) is 12.8. The van der Waals surface area contributed by atoms with E-state index in [1.54, 1.807) is 12.1 Å². The fourth-order valence-corrected chi connectivity index (χ4v) is 3.25. The molecule has 1 aromatic rings. The average molecular weight is 270 g/mol.